The Kier molecular flexibility index (Phi) is 2.26. The van der Waals surface area contributed by atoms with Crippen LogP contribution < -0.4 is 16.9 Å². The summed E-state index contributed by atoms with van der Waals surface area (Å²) in [5, 5.41) is 0.237. The van der Waals surface area contributed by atoms with E-state index in [-0.39, 0.29) is 17.6 Å². The molecule has 0 fully saturated rings. The molecule has 0 bridgehead atoms. The van der Waals surface area contributed by atoms with Crippen LogP contribution in [0.15, 0.2) is 24.9 Å². The van der Waals surface area contributed by atoms with Crippen LogP contribution in [0.5, 0.6) is 0 Å². The fourth-order valence-corrected chi connectivity index (χ4v) is 1.64. The summed E-state index contributed by atoms with van der Waals surface area (Å²) in [5.74, 6) is 0. The molecule has 1 N–H and O–H groups in total. The molecular formula is C10H10N2O4. The highest BCUT2D eigenvalue weighted by Gasteiger charge is 2.11. The summed E-state index contributed by atoms with van der Waals surface area (Å²) in [5.41, 5.74) is -1.18. The third kappa shape index (κ3) is 1.39. The zero-order valence-electron chi connectivity index (χ0n) is 8.86. The van der Waals surface area contributed by atoms with Crippen LogP contribution >= 0.6 is 0 Å². The average Bonchev–Trinajstić information content (AvgIpc) is 2.15. The molecule has 0 atom stereocenters. The molecule has 2 aromatic rings. The summed E-state index contributed by atoms with van der Waals surface area (Å²) in [6.45, 7) is 3.58. The number of nitrogens with one attached hydrogen (secondary N) is 1. The number of hydrogen-bond acceptors (Lipinski definition) is 4. The third-order valence-corrected chi connectivity index (χ3v) is 2.40. The lowest BCUT2D eigenvalue weighted by atomic mass is 10.2. The number of nitrogens with zero attached hydrogens (tertiary/aromatic N) is 1. The molecule has 0 aliphatic rings. The summed E-state index contributed by atoms with van der Waals surface area (Å²) < 4.78 is 5.83. The summed E-state index contributed by atoms with van der Waals surface area (Å²) in [4.78, 5) is 36.8. The SMILES string of the molecule is CCn1c(=O)[nH]c2oc(=O)cc(C)c2c1=O. The maximum atomic E-state index is 11.9. The molecule has 0 radical (unpaired) electrons. The second kappa shape index (κ2) is 3.48. The van der Waals surface area contributed by atoms with Crippen molar-refractivity contribution in [2.45, 2.75) is 20.4 Å². The molecule has 84 valence electrons. The van der Waals surface area contributed by atoms with Crippen molar-refractivity contribution in [2.75, 3.05) is 0 Å². The molecule has 2 heterocycles. The van der Waals surface area contributed by atoms with Crippen LogP contribution in [0.1, 0.15) is 12.5 Å². The normalized spacial score (nSPS) is 10.9. The van der Waals surface area contributed by atoms with Crippen molar-refractivity contribution in [3.8, 4) is 0 Å². The molecule has 2 aromatic heterocycles. The van der Waals surface area contributed by atoms with E-state index in [0.717, 1.165) is 4.57 Å². The van der Waals surface area contributed by atoms with Gasteiger partial charge in [0.25, 0.3) is 5.56 Å². The number of aromatic amines is 1. The third-order valence-electron chi connectivity index (χ3n) is 2.40. The van der Waals surface area contributed by atoms with E-state index in [4.69, 9.17) is 4.42 Å². The average molecular weight is 222 g/mol. The van der Waals surface area contributed by atoms with Crippen LogP contribution in [-0.4, -0.2) is 9.55 Å². The first-order valence-corrected chi connectivity index (χ1v) is 4.82. The first-order valence-electron chi connectivity index (χ1n) is 4.82. The van der Waals surface area contributed by atoms with Gasteiger partial charge in [0.1, 0.15) is 5.39 Å². The Bertz CT molecular complexity index is 720. The van der Waals surface area contributed by atoms with Crippen molar-refractivity contribution in [2.24, 2.45) is 0 Å². The molecule has 0 aromatic carbocycles. The van der Waals surface area contributed by atoms with Crippen molar-refractivity contribution < 1.29 is 4.42 Å². The van der Waals surface area contributed by atoms with Crippen molar-refractivity contribution in [1.82, 2.24) is 9.55 Å². The molecule has 0 saturated carbocycles. The van der Waals surface area contributed by atoms with E-state index in [1.165, 1.54) is 6.07 Å². The lowest BCUT2D eigenvalue weighted by Crippen LogP contribution is -2.35. The van der Waals surface area contributed by atoms with Crippen molar-refractivity contribution in [3.05, 3.63) is 42.9 Å². The first kappa shape index (κ1) is 10.4. The molecule has 0 amide bonds. The lowest BCUT2D eigenvalue weighted by Gasteiger charge is -2.03. The Morgan fingerprint density at radius 2 is 2.06 bits per heavy atom. The quantitative estimate of drug-likeness (QED) is 0.734. The van der Waals surface area contributed by atoms with Gasteiger partial charge >= 0.3 is 11.3 Å². The highest BCUT2D eigenvalue weighted by atomic mass is 16.4. The fourth-order valence-electron chi connectivity index (χ4n) is 1.64. The van der Waals surface area contributed by atoms with Gasteiger partial charge in [0.15, 0.2) is 0 Å². The molecule has 16 heavy (non-hydrogen) atoms. The zero-order valence-corrected chi connectivity index (χ0v) is 8.86. The van der Waals surface area contributed by atoms with Crippen LogP contribution in [0.2, 0.25) is 0 Å². The second-order valence-electron chi connectivity index (χ2n) is 3.43. The summed E-state index contributed by atoms with van der Waals surface area (Å²) >= 11 is 0. The van der Waals surface area contributed by atoms with Gasteiger partial charge in [0.2, 0.25) is 5.71 Å². The fraction of sp³-hybridized carbons (Fsp3) is 0.300. The molecule has 6 heteroatoms. The highest BCUT2D eigenvalue weighted by Crippen LogP contribution is 2.06. The van der Waals surface area contributed by atoms with Gasteiger partial charge in [-0.25, -0.2) is 9.59 Å². The van der Waals surface area contributed by atoms with Crippen molar-refractivity contribution in [1.29, 1.82) is 0 Å². The second-order valence-corrected chi connectivity index (χ2v) is 3.43. The Hall–Kier alpha value is -2.11. The van der Waals surface area contributed by atoms with E-state index < -0.39 is 16.9 Å². The smallest absolute Gasteiger partial charge is 0.337 e. The highest BCUT2D eigenvalue weighted by molar-refractivity contribution is 5.74. The maximum Gasteiger partial charge on any atom is 0.337 e. The molecular weight excluding hydrogens is 212 g/mol. The van der Waals surface area contributed by atoms with Gasteiger partial charge in [-0.1, -0.05) is 0 Å². The van der Waals surface area contributed by atoms with Gasteiger partial charge in [0.05, 0.1) is 0 Å². The summed E-state index contributed by atoms with van der Waals surface area (Å²) in [6, 6.07) is 1.22. The minimum atomic E-state index is -0.589. The van der Waals surface area contributed by atoms with E-state index >= 15 is 0 Å². The lowest BCUT2D eigenvalue weighted by molar-refractivity contribution is 0.538. The predicted molar refractivity (Wildman–Crippen MR) is 57.8 cm³/mol. The van der Waals surface area contributed by atoms with Gasteiger partial charge in [-0.2, -0.15) is 0 Å². The monoisotopic (exact) mass is 222 g/mol. The summed E-state index contributed by atoms with van der Waals surface area (Å²) in [7, 11) is 0. The molecule has 0 saturated heterocycles. The number of fused-ring (bicyclic) bond motifs is 1. The number of H-pyrrole nitrogens is 1. The number of hydrogen-bond donors (Lipinski definition) is 1. The maximum absolute atomic E-state index is 11.9. The van der Waals surface area contributed by atoms with E-state index in [9.17, 15) is 14.4 Å². The minimum Gasteiger partial charge on any atom is -0.405 e. The van der Waals surface area contributed by atoms with Crippen LogP contribution in [0.3, 0.4) is 0 Å². The van der Waals surface area contributed by atoms with Crippen molar-refractivity contribution in [3.63, 3.8) is 0 Å². The number of aromatic nitrogens is 2. The Balaban J connectivity index is 3.12. The minimum absolute atomic E-state index is 0.0651. The van der Waals surface area contributed by atoms with Crippen LogP contribution in [0, 0.1) is 6.92 Å². The van der Waals surface area contributed by atoms with E-state index in [2.05, 4.69) is 4.98 Å². The molecule has 0 aliphatic heterocycles. The van der Waals surface area contributed by atoms with Crippen molar-refractivity contribution >= 4 is 11.1 Å². The largest absolute Gasteiger partial charge is 0.405 e. The molecule has 2 rings (SSSR count). The predicted octanol–water partition coefficient (Wildman–Crippen LogP) is -0.0287. The van der Waals surface area contributed by atoms with E-state index in [0.29, 0.717) is 5.56 Å². The van der Waals surface area contributed by atoms with Crippen LogP contribution in [-0.2, 0) is 6.54 Å². The van der Waals surface area contributed by atoms with Gasteiger partial charge in [-0.05, 0) is 19.4 Å². The van der Waals surface area contributed by atoms with Gasteiger partial charge in [-0.3, -0.25) is 14.3 Å². The molecule has 6 nitrogen and oxygen atoms in total. The number of aryl methyl sites for hydroxylation is 1. The van der Waals surface area contributed by atoms with E-state index in [1.54, 1.807) is 13.8 Å². The van der Waals surface area contributed by atoms with Gasteiger partial charge < -0.3 is 4.42 Å². The Morgan fingerprint density at radius 1 is 1.38 bits per heavy atom. The molecule has 0 unspecified atom stereocenters. The Morgan fingerprint density at radius 3 is 2.69 bits per heavy atom. The molecule has 0 spiro atoms. The van der Waals surface area contributed by atoms with Gasteiger partial charge in [-0.15, -0.1) is 0 Å². The molecule has 0 aliphatic carbocycles. The summed E-state index contributed by atoms with van der Waals surface area (Å²) in [6.07, 6.45) is 0. The topological polar surface area (TPSA) is 85.1 Å². The zero-order chi connectivity index (χ0) is 11.9. The first-order chi connectivity index (χ1) is 7.54. The van der Waals surface area contributed by atoms with Crippen LogP contribution in [0.4, 0.5) is 0 Å². The Labute approximate surface area is 89.1 Å². The van der Waals surface area contributed by atoms with E-state index in [1.807, 2.05) is 0 Å². The number of rotatable bonds is 1. The van der Waals surface area contributed by atoms with Crippen LogP contribution in [0.25, 0.3) is 11.1 Å². The van der Waals surface area contributed by atoms with Gasteiger partial charge in [0, 0.05) is 12.6 Å². The standard InChI is InChI=1S/C10H10N2O4/c1-3-12-9(14)7-5(2)4-6(13)16-8(7)11-10(12)15/h4H,3H2,1-2H3,(H,11,15).